The molecule has 0 fully saturated rings. The molecule has 2 unspecified atom stereocenters. The molecule has 3 heterocycles. The van der Waals surface area contributed by atoms with Crippen LogP contribution in [0.25, 0.3) is 5.57 Å². The summed E-state index contributed by atoms with van der Waals surface area (Å²) in [4.78, 5) is 35.3. The first kappa shape index (κ1) is 21.1. The Labute approximate surface area is 194 Å². The number of carbonyl (C=O) groups is 1. The highest BCUT2D eigenvalue weighted by Crippen LogP contribution is 2.49. The van der Waals surface area contributed by atoms with Crippen LogP contribution in [0.1, 0.15) is 39.6 Å². The lowest BCUT2D eigenvalue weighted by molar-refractivity contribution is -0.430. The number of benzene rings is 1. The van der Waals surface area contributed by atoms with Crippen LogP contribution in [0.2, 0.25) is 5.02 Å². The minimum Gasteiger partial charge on any atom is -0.473 e. The van der Waals surface area contributed by atoms with Gasteiger partial charge in [0.05, 0.1) is 27.4 Å². The van der Waals surface area contributed by atoms with Gasteiger partial charge in [0.1, 0.15) is 12.6 Å². The van der Waals surface area contributed by atoms with Crippen molar-refractivity contribution in [3.63, 3.8) is 0 Å². The van der Waals surface area contributed by atoms with E-state index in [0.29, 0.717) is 46.5 Å². The largest absolute Gasteiger partial charge is 0.473 e. The molecule has 1 aliphatic heterocycles. The van der Waals surface area contributed by atoms with Gasteiger partial charge in [-0.1, -0.05) is 41.9 Å². The van der Waals surface area contributed by atoms with Crippen molar-refractivity contribution >= 4 is 23.1 Å². The zero-order valence-corrected chi connectivity index (χ0v) is 18.4. The Morgan fingerprint density at radius 2 is 2.00 bits per heavy atom. The number of amides is 1. The lowest BCUT2D eigenvalue weighted by atomic mass is 9.91. The van der Waals surface area contributed by atoms with Crippen molar-refractivity contribution in [3.8, 4) is 5.88 Å². The molecule has 1 amide bonds. The van der Waals surface area contributed by atoms with Gasteiger partial charge in [-0.15, -0.1) is 0 Å². The smallest absolute Gasteiger partial charge is 0.274 e. The van der Waals surface area contributed by atoms with E-state index in [-0.39, 0.29) is 11.6 Å². The van der Waals surface area contributed by atoms with Crippen LogP contribution in [0, 0.1) is 10.1 Å². The molecule has 1 aliphatic carbocycles. The van der Waals surface area contributed by atoms with Gasteiger partial charge >= 0.3 is 0 Å². The number of allylic oxidation sites excluding steroid dienone is 1. The Morgan fingerprint density at radius 3 is 2.73 bits per heavy atom. The van der Waals surface area contributed by atoms with E-state index in [4.69, 9.17) is 16.3 Å². The summed E-state index contributed by atoms with van der Waals surface area (Å²) in [5, 5.41) is 12.5. The first-order valence-electron chi connectivity index (χ1n) is 10.4. The fraction of sp³-hybridized carbons (Fsp3) is 0.208. The van der Waals surface area contributed by atoms with E-state index >= 15 is 0 Å². The Balaban J connectivity index is 1.62. The van der Waals surface area contributed by atoms with Gasteiger partial charge in [-0.2, -0.15) is 0 Å². The van der Waals surface area contributed by atoms with Crippen molar-refractivity contribution in [1.29, 1.82) is 0 Å². The molecular weight excluding hydrogens is 444 g/mol. The summed E-state index contributed by atoms with van der Waals surface area (Å²) in [5.41, 5.74) is 2.63. The number of nitro groups is 1. The molecule has 33 heavy (non-hydrogen) atoms. The highest BCUT2D eigenvalue weighted by Gasteiger charge is 2.50. The minimum absolute atomic E-state index is 0.0475. The molecule has 1 aromatic carbocycles. The van der Waals surface area contributed by atoms with Gasteiger partial charge in [0.2, 0.25) is 5.88 Å². The lowest BCUT2D eigenvalue weighted by Gasteiger charge is -2.23. The maximum atomic E-state index is 13.1. The minimum atomic E-state index is -0.698. The molecular formula is C24H19ClN4O4. The number of pyridine rings is 2. The van der Waals surface area contributed by atoms with E-state index in [9.17, 15) is 14.9 Å². The second-order valence-electron chi connectivity index (χ2n) is 7.99. The summed E-state index contributed by atoms with van der Waals surface area (Å²) < 4.78 is 5.88. The predicted octanol–water partition coefficient (Wildman–Crippen LogP) is 4.34. The molecule has 0 spiro atoms. The fourth-order valence-electron chi connectivity index (χ4n) is 4.53. The summed E-state index contributed by atoms with van der Waals surface area (Å²) in [7, 11) is 1.58. The van der Waals surface area contributed by atoms with Gasteiger partial charge in [0.25, 0.3) is 11.6 Å². The standard InChI is InChI=1S/C24H19ClN4O4/c1-28-19-12-17(21(23(19)29(31)32)18-11-15(25)9-10-26-18)22-16(24(28)30)7-8-20(27-22)33-13-14-5-3-2-4-6-14/h2-11,17,19H,12-13H2,1H3. The third kappa shape index (κ3) is 3.72. The number of likely N-dealkylation sites (N-methyl/N-ethyl adjacent to an activating group) is 1. The number of hydrogen-bond donors (Lipinski definition) is 0. The van der Waals surface area contributed by atoms with Crippen molar-refractivity contribution < 1.29 is 14.5 Å². The number of nitrogens with zero attached hydrogens (tertiary/aromatic N) is 4. The number of rotatable bonds is 5. The van der Waals surface area contributed by atoms with Crippen molar-refractivity contribution in [2.75, 3.05) is 7.05 Å². The number of halogens is 1. The molecule has 9 heteroatoms. The van der Waals surface area contributed by atoms with E-state index in [1.807, 2.05) is 30.3 Å². The van der Waals surface area contributed by atoms with Gasteiger partial charge in [-0.3, -0.25) is 19.9 Å². The maximum absolute atomic E-state index is 13.1. The van der Waals surface area contributed by atoms with E-state index in [1.54, 1.807) is 31.3 Å². The molecule has 2 bridgehead atoms. The average Bonchev–Trinajstić information content (AvgIpc) is 3.19. The van der Waals surface area contributed by atoms with Crippen molar-refractivity contribution in [2.45, 2.75) is 25.0 Å². The highest BCUT2D eigenvalue weighted by atomic mass is 35.5. The Hall–Kier alpha value is -3.78. The number of ether oxygens (including phenoxy) is 1. The summed E-state index contributed by atoms with van der Waals surface area (Å²) in [5.74, 6) is -0.456. The molecule has 2 atom stereocenters. The lowest BCUT2D eigenvalue weighted by Crippen LogP contribution is -2.38. The first-order chi connectivity index (χ1) is 15.9. The molecule has 0 N–H and O–H groups in total. The molecule has 8 nitrogen and oxygen atoms in total. The molecule has 2 aliphatic rings. The van der Waals surface area contributed by atoms with Crippen molar-refractivity contribution in [3.05, 3.63) is 104 Å². The van der Waals surface area contributed by atoms with Crippen LogP contribution in [0.4, 0.5) is 0 Å². The van der Waals surface area contributed by atoms with Gasteiger partial charge in [-0.25, -0.2) is 4.98 Å². The molecule has 0 radical (unpaired) electrons. The van der Waals surface area contributed by atoms with Gasteiger partial charge < -0.3 is 9.64 Å². The SMILES string of the molecule is CN1C(=O)c2ccc(OCc3ccccc3)nc2C2CC1C([N+](=O)[O-])=C2c1cc(Cl)ccn1. The van der Waals surface area contributed by atoms with Gasteiger partial charge in [0, 0.05) is 30.3 Å². The quantitative estimate of drug-likeness (QED) is 0.413. The van der Waals surface area contributed by atoms with Crippen molar-refractivity contribution in [2.24, 2.45) is 0 Å². The third-order valence-electron chi connectivity index (χ3n) is 6.07. The van der Waals surface area contributed by atoms with Crippen LogP contribution < -0.4 is 4.74 Å². The second-order valence-corrected chi connectivity index (χ2v) is 8.43. The zero-order valence-electron chi connectivity index (χ0n) is 17.6. The summed E-state index contributed by atoms with van der Waals surface area (Å²) in [6.45, 7) is 0.312. The average molecular weight is 463 g/mol. The highest BCUT2D eigenvalue weighted by molar-refractivity contribution is 6.30. The van der Waals surface area contributed by atoms with Crippen molar-refractivity contribution in [1.82, 2.24) is 14.9 Å². The summed E-state index contributed by atoms with van der Waals surface area (Å²) in [6.07, 6.45) is 1.85. The third-order valence-corrected chi connectivity index (χ3v) is 6.31. The second kappa shape index (κ2) is 8.29. The molecule has 166 valence electrons. The van der Waals surface area contributed by atoms with Crippen LogP contribution in [-0.4, -0.2) is 38.8 Å². The van der Waals surface area contributed by atoms with Gasteiger partial charge in [-0.05, 0) is 30.2 Å². The van der Waals surface area contributed by atoms with Crippen LogP contribution in [0.5, 0.6) is 5.88 Å². The maximum Gasteiger partial charge on any atom is 0.274 e. The van der Waals surface area contributed by atoms with E-state index in [2.05, 4.69) is 9.97 Å². The predicted molar refractivity (Wildman–Crippen MR) is 121 cm³/mol. The number of carbonyl (C=O) groups excluding carboxylic acids is 1. The van der Waals surface area contributed by atoms with Crippen LogP contribution in [-0.2, 0) is 6.61 Å². The Morgan fingerprint density at radius 1 is 1.21 bits per heavy atom. The monoisotopic (exact) mass is 462 g/mol. The molecule has 0 saturated heterocycles. The summed E-state index contributed by atoms with van der Waals surface area (Å²) >= 11 is 6.17. The topological polar surface area (TPSA) is 98.5 Å². The normalized spacial score (nSPS) is 19.3. The van der Waals surface area contributed by atoms with E-state index in [0.717, 1.165) is 5.56 Å². The number of aromatic nitrogens is 2. The number of hydrogen-bond acceptors (Lipinski definition) is 6. The number of fused-ring (bicyclic) bond motifs is 4. The van der Waals surface area contributed by atoms with E-state index in [1.165, 1.54) is 11.1 Å². The molecule has 0 saturated carbocycles. The fourth-order valence-corrected chi connectivity index (χ4v) is 4.69. The Bertz CT molecular complexity index is 1290. The molecule has 2 aromatic heterocycles. The van der Waals surface area contributed by atoms with Crippen LogP contribution >= 0.6 is 11.6 Å². The molecule has 5 rings (SSSR count). The summed E-state index contributed by atoms with van der Waals surface area (Å²) in [6, 6.07) is 15.5. The van der Waals surface area contributed by atoms with E-state index < -0.39 is 16.9 Å². The van der Waals surface area contributed by atoms with Crippen LogP contribution in [0.15, 0.2) is 66.5 Å². The Kier molecular flexibility index (Phi) is 5.30. The zero-order chi connectivity index (χ0) is 23.1. The molecule has 3 aromatic rings. The first-order valence-corrected chi connectivity index (χ1v) is 10.8. The van der Waals surface area contributed by atoms with Gasteiger partial charge in [0.15, 0.2) is 0 Å². The van der Waals surface area contributed by atoms with Crippen LogP contribution in [0.3, 0.4) is 0 Å².